The summed E-state index contributed by atoms with van der Waals surface area (Å²) in [5.41, 5.74) is 11.0. The zero-order chi connectivity index (χ0) is 16.7. The Morgan fingerprint density at radius 3 is 2.39 bits per heavy atom. The van der Waals surface area contributed by atoms with E-state index in [1.807, 2.05) is 0 Å². The predicted molar refractivity (Wildman–Crippen MR) is 82.9 cm³/mol. The molecule has 1 aliphatic rings. The quantitative estimate of drug-likeness (QED) is 0.894. The third-order valence-electron chi connectivity index (χ3n) is 4.16. The number of amidine groups is 1. The van der Waals surface area contributed by atoms with E-state index in [4.69, 9.17) is 11.5 Å². The van der Waals surface area contributed by atoms with Gasteiger partial charge < -0.3 is 11.5 Å². The molecule has 1 aliphatic heterocycles. The number of halogens is 3. The molecule has 0 spiro atoms. The molecule has 2 aromatic carbocycles. The second-order valence-electron chi connectivity index (χ2n) is 5.59. The number of hydrogen-bond acceptors (Lipinski definition) is 3. The van der Waals surface area contributed by atoms with Crippen LogP contribution in [0.15, 0.2) is 53.5 Å². The number of alkyl halides is 3. The van der Waals surface area contributed by atoms with Gasteiger partial charge in [-0.3, -0.25) is 0 Å². The summed E-state index contributed by atoms with van der Waals surface area (Å²) in [5, 5.41) is 0. The van der Waals surface area contributed by atoms with Crippen molar-refractivity contribution in [1.29, 1.82) is 0 Å². The van der Waals surface area contributed by atoms with Crippen molar-refractivity contribution in [2.75, 3.05) is 0 Å². The molecule has 0 radical (unpaired) electrons. The smallest absolute Gasteiger partial charge is 0.383 e. The molecule has 0 saturated carbocycles. The van der Waals surface area contributed by atoms with Gasteiger partial charge in [-0.05, 0) is 16.7 Å². The lowest BCUT2D eigenvalue weighted by molar-refractivity contribution is -0.189. The van der Waals surface area contributed by atoms with E-state index in [0.717, 1.165) is 5.56 Å². The highest BCUT2D eigenvalue weighted by Crippen LogP contribution is 2.47. The maximum absolute atomic E-state index is 13.9. The van der Waals surface area contributed by atoms with Gasteiger partial charge in [0, 0.05) is 18.5 Å². The van der Waals surface area contributed by atoms with Gasteiger partial charge in [-0.15, -0.1) is 0 Å². The van der Waals surface area contributed by atoms with Crippen LogP contribution in [-0.4, -0.2) is 12.0 Å². The Hall–Kier alpha value is -2.34. The number of rotatable bonds is 2. The molecular weight excluding hydrogens is 303 g/mol. The average molecular weight is 319 g/mol. The van der Waals surface area contributed by atoms with Crippen LogP contribution in [0, 0.1) is 0 Å². The predicted octanol–water partition coefficient (Wildman–Crippen LogP) is 2.86. The summed E-state index contributed by atoms with van der Waals surface area (Å²) in [6.07, 6.45) is -4.85. The van der Waals surface area contributed by atoms with E-state index in [1.54, 1.807) is 36.4 Å². The summed E-state index contributed by atoms with van der Waals surface area (Å²) in [6, 6.07) is 12.8. The molecular formula is C17H16F3N3. The van der Waals surface area contributed by atoms with E-state index in [2.05, 4.69) is 4.99 Å². The molecule has 1 unspecified atom stereocenters. The van der Waals surface area contributed by atoms with Crippen molar-refractivity contribution in [2.45, 2.75) is 24.7 Å². The SMILES string of the molecule is NCc1ccc2c(c1)CC(c1ccccc1)(C(F)(F)F)N=C2N. The minimum Gasteiger partial charge on any atom is -0.383 e. The van der Waals surface area contributed by atoms with Gasteiger partial charge in [-0.2, -0.15) is 13.2 Å². The molecule has 0 aromatic heterocycles. The van der Waals surface area contributed by atoms with Gasteiger partial charge in [-0.25, -0.2) is 4.99 Å². The van der Waals surface area contributed by atoms with E-state index in [1.165, 1.54) is 12.1 Å². The number of fused-ring (bicyclic) bond motifs is 1. The van der Waals surface area contributed by atoms with Crippen LogP contribution in [0.2, 0.25) is 0 Å². The molecule has 1 heterocycles. The molecule has 4 N–H and O–H groups in total. The lowest BCUT2D eigenvalue weighted by atomic mass is 9.79. The van der Waals surface area contributed by atoms with E-state index in [9.17, 15) is 13.2 Å². The van der Waals surface area contributed by atoms with Crippen molar-refractivity contribution in [3.63, 3.8) is 0 Å². The van der Waals surface area contributed by atoms with Gasteiger partial charge in [0.25, 0.3) is 0 Å². The molecule has 1 atom stereocenters. The average Bonchev–Trinajstić information content (AvgIpc) is 2.53. The van der Waals surface area contributed by atoms with E-state index in [-0.39, 0.29) is 24.4 Å². The first-order chi connectivity index (χ1) is 10.9. The van der Waals surface area contributed by atoms with Crippen LogP contribution < -0.4 is 11.5 Å². The molecule has 2 aromatic rings. The fourth-order valence-electron chi connectivity index (χ4n) is 2.96. The highest BCUT2D eigenvalue weighted by Gasteiger charge is 2.57. The highest BCUT2D eigenvalue weighted by atomic mass is 19.4. The van der Waals surface area contributed by atoms with Gasteiger partial charge in [0.15, 0.2) is 5.54 Å². The minimum atomic E-state index is -4.56. The lowest BCUT2D eigenvalue weighted by Crippen LogP contribution is -2.47. The lowest BCUT2D eigenvalue weighted by Gasteiger charge is -2.36. The number of nitrogens with two attached hydrogens (primary N) is 2. The largest absolute Gasteiger partial charge is 0.418 e. The van der Waals surface area contributed by atoms with Crippen molar-refractivity contribution >= 4 is 5.84 Å². The fourth-order valence-corrected chi connectivity index (χ4v) is 2.96. The Labute approximate surface area is 131 Å². The molecule has 23 heavy (non-hydrogen) atoms. The summed E-state index contributed by atoms with van der Waals surface area (Å²) < 4.78 is 41.8. The second-order valence-corrected chi connectivity index (χ2v) is 5.59. The summed E-state index contributed by atoms with van der Waals surface area (Å²) >= 11 is 0. The molecule has 3 nitrogen and oxygen atoms in total. The maximum Gasteiger partial charge on any atom is 0.418 e. The van der Waals surface area contributed by atoms with E-state index >= 15 is 0 Å². The zero-order valence-electron chi connectivity index (χ0n) is 12.3. The van der Waals surface area contributed by atoms with Crippen molar-refractivity contribution in [3.8, 4) is 0 Å². The normalized spacial score (nSPS) is 20.8. The fraction of sp³-hybridized carbons (Fsp3) is 0.235. The molecule has 0 amide bonds. The Balaban J connectivity index is 2.22. The Morgan fingerprint density at radius 1 is 1.09 bits per heavy atom. The summed E-state index contributed by atoms with van der Waals surface area (Å²) in [7, 11) is 0. The molecule has 0 saturated heterocycles. The first kappa shape index (κ1) is 15.6. The highest BCUT2D eigenvalue weighted by molar-refractivity contribution is 6.00. The van der Waals surface area contributed by atoms with Crippen LogP contribution in [0.1, 0.15) is 22.3 Å². The van der Waals surface area contributed by atoms with Gasteiger partial charge in [-0.1, -0.05) is 48.5 Å². The van der Waals surface area contributed by atoms with E-state index < -0.39 is 11.7 Å². The third-order valence-corrected chi connectivity index (χ3v) is 4.16. The van der Waals surface area contributed by atoms with Crippen molar-refractivity contribution in [1.82, 2.24) is 0 Å². The molecule has 0 aliphatic carbocycles. The molecule has 0 bridgehead atoms. The van der Waals surface area contributed by atoms with Crippen LogP contribution >= 0.6 is 0 Å². The number of hydrogen-bond donors (Lipinski definition) is 2. The minimum absolute atomic E-state index is 0.0826. The topological polar surface area (TPSA) is 64.4 Å². The Kier molecular flexibility index (Phi) is 3.64. The van der Waals surface area contributed by atoms with Crippen molar-refractivity contribution in [3.05, 3.63) is 70.8 Å². The number of aliphatic imine (C=N–C) groups is 1. The maximum atomic E-state index is 13.9. The monoisotopic (exact) mass is 319 g/mol. The molecule has 120 valence electrons. The first-order valence-electron chi connectivity index (χ1n) is 7.17. The van der Waals surface area contributed by atoms with Crippen LogP contribution in [-0.2, 0) is 18.5 Å². The van der Waals surface area contributed by atoms with Gasteiger partial charge in [0.05, 0.1) is 0 Å². The Bertz CT molecular complexity index is 753. The summed E-state index contributed by atoms with van der Waals surface area (Å²) in [6.45, 7) is 0.259. The molecule has 0 fully saturated rings. The van der Waals surface area contributed by atoms with Crippen LogP contribution in [0.25, 0.3) is 0 Å². The van der Waals surface area contributed by atoms with E-state index in [0.29, 0.717) is 11.1 Å². The summed E-state index contributed by atoms with van der Waals surface area (Å²) in [4.78, 5) is 3.89. The van der Waals surface area contributed by atoms with Crippen LogP contribution in [0.3, 0.4) is 0 Å². The molecule has 3 rings (SSSR count). The second kappa shape index (κ2) is 5.38. The van der Waals surface area contributed by atoms with Crippen molar-refractivity contribution < 1.29 is 13.2 Å². The molecule has 6 heteroatoms. The van der Waals surface area contributed by atoms with Gasteiger partial charge in [0.1, 0.15) is 5.84 Å². The van der Waals surface area contributed by atoms with Crippen LogP contribution in [0.4, 0.5) is 13.2 Å². The third kappa shape index (κ3) is 2.49. The first-order valence-corrected chi connectivity index (χ1v) is 7.17. The number of nitrogens with zero attached hydrogens (tertiary/aromatic N) is 1. The van der Waals surface area contributed by atoms with Crippen molar-refractivity contribution in [2.24, 2.45) is 16.5 Å². The van der Waals surface area contributed by atoms with Gasteiger partial charge >= 0.3 is 6.18 Å². The van der Waals surface area contributed by atoms with Gasteiger partial charge in [0.2, 0.25) is 0 Å². The summed E-state index contributed by atoms with van der Waals surface area (Å²) in [5.74, 6) is -0.101. The Morgan fingerprint density at radius 2 is 1.78 bits per heavy atom. The van der Waals surface area contributed by atoms with Crippen LogP contribution in [0.5, 0.6) is 0 Å². The number of benzene rings is 2. The zero-order valence-corrected chi connectivity index (χ0v) is 12.3. The standard InChI is InChI=1S/C17H16F3N3/c18-17(19,20)16(13-4-2-1-3-5-13)9-12-8-11(10-21)6-7-14(12)15(22)23-16/h1-8H,9-10,21H2,(H2,22,23).